The first-order valence-electron chi connectivity index (χ1n) is 9.09. The van der Waals surface area contributed by atoms with E-state index in [9.17, 15) is 9.59 Å². The van der Waals surface area contributed by atoms with Crippen molar-refractivity contribution in [2.75, 3.05) is 24.4 Å². The number of fused-ring (bicyclic) bond motifs is 1. The van der Waals surface area contributed by atoms with Gasteiger partial charge in [-0.2, -0.15) is 10.1 Å². The van der Waals surface area contributed by atoms with E-state index in [-0.39, 0.29) is 30.9 Å². The first kappa shape index (κ1) is 19.7. The molecule has 2 N–H and O–H groups in total. The first-order valence-corrected chi connectivity index (χ1v) is 9.47. The third-order valence-electron chi connectivity index (χ3n) is 4.56. The molecular weight excluding hydrogens is 410 g/mol. The summed E-state index contributed by atoms with van der Waals surface area (Å²) in [5, 5.41) is 10.2. The lowest BCUT2D eigenvalue weighted by Gasteiger charge is -2.24. The van der Waals surface area contributed by atoms with Crippen LogP contribution in [0.1, 0.15) is 18.0 Å². The molecule has 2 amide bonds. The minimum Gasteiger partial charge on any atom is -0.493 e. The Balaban J connectivity index is 1.46. The lowest BCUT2D eigenvalue weighted by Crippen LogP contribution is -2.29. The summed E-state index contributed by atoms with van der Waals surface area (Å²) in [6.45, 7) is -0.197. The third kappa shape index (κ3) is 4.20. The smallest absolute Gasteiger partial charge is 0.262 e. The van der Waals surface area contributed by atoms with Crippen molar-refractivity contribution in [2.24, 2.45) is 0 Å². The van der Waals surface area contributed by atoms with Crippen molar-refractivity contribution in [3.05, 3.63) is 59.4 Å². The number of nitrogens with one attached hydrogen (secondary N) is 2. The molecule has 30 heavy (non-hydrogen) atoms. The number of ether oxygens (including phenoxy) is 2. The van der Waals surface area contributed by atoms with Crippen LogP contribution in [0.2, 0.25) is 5.02 Å². The molecule has 0 fully saturated rings. The number of aromatic nitrogens is 3. The minimum atomic E-state index is -0.320. The largest absolute Gasteiger partial charge is 0.493 e. The molecule has 1 aromatic heterocycles. The van der Waals surface area contributed by atoms with Gasteiger partial charge in [-0.1, -0.05) is 17.7 Å². The van der Waals surface area contributed by atoms with E-state index in [0.29, 0.717) is 28.2 Å². The van der Waals surface area contributed by atoms with Gasteiger partial charge in [0.25, 0.3) is 5.91 Å². The van der Waals surface area contributed by atoms with Crippen LogP contribution >= 0.6 is 11.6 Å². The standard InChI is InChI=1S/C20H18ClN5O4/c1-29-17-8-12(15-9-18(27)25-20-22-11-23-26(15)20)2-7-16(17)30-10-19(28)24-14-5-3-13(21)4-6-14/h2-8,11,15H,9-10H2,1H3,(H,24,28)(H,22,23,25,27). The maximum absolute atomic E-state index is 12.2. The second-order valence-electron chi connectivity index (χ2n) is 6.55. The van der Waals surface area contributed by atoms with Crippen molar-refractivity contribution in [2.45, 2.75) is 12.5 Å². The van der Waals surface area contributed by atoms with Crippen molar-refractivity contribution in [1.29, 1.82) is 0 Å². The molecule has 154 valence electrons. The van der Waals surface area contributed by atoms with Gasteiger partial charge in [0.2, 0.25) is 11.9 Å². The second-order valence-corrected chi connectivity index (χ2v) is 6.99. The molecule has 2 heterocycles. The molecule has 1 atom stereocenters. The molecule has 1 aliphatic rings. The molecule has 10 heteroatoms. The van der Waals surface area contributed by atoms with Gasteiger partial charge in [-0.25, -0.2) is 4.68 Å². The van der Waals surface area contributed by atoms with Crippen LogP contribution in [0.5, 0.6) is 11.5 Å². The summed E-state index contributed by atoms with van der Waals surface area (Å²) in [6, 6.07) is 11.7. The van der Waals surface area contributed by atoms with Crippen LogP contribution in [0.15, 0.2) is 48.8 Å². The van der Waals surface area contributed by atoms with Crippen LogP contribution in [0.3, 0.4) is 0 Å². The number of carbonyl (C=O) groups excluding carboxylic acids is 2. The van der Waals surface area contributed by atoms with Crippen LogP contribution in [0.25, 0.3) is 0 Å². The van der Waals surface area contributed by atoms with Gasteiger partial charge in [0.15, 0.2) is 18.1 Å². The van der Waals surface area contributed by atoms with E-state index in [1.165, 1.54) is 13.4 Å². The van der Waals surface area contributed by atoms with Crippen molar-refractivity contribution in [1.82, 2.24) is 14.8 Å². The maximum atomic E-state index is 12.2. The SMILES string of the molecule is COc1cc(C2CC(=O)Nc3ncnn32)ccc1OCC(=O)Nc1ccc(Cl)cc1. The number of carbonyl (C=O) groups is 2. The quantitative estimate of drug-likeness (QED) is 0.626. The monoisotopic (exact) mass is 427 g/mol. The van der Waals surface area contributed by atoms with Crippen molar-refractivity contribution < 1.29 is 19.1 Å². The van der Waals surface area contributed by atoms with E-state index < -0.39 is 0 Å². The number of benzene rings is 2. The molecule has 9 nitrogen and oxygen atoms in total. The number of methoxy groups -OCH3 is 1. The average Bonchev–Trinajstić information content (AvgIpc) is 3.21. The van der Waals surface area contributed by atoms with Gasteiger partial charge in [-0.15, -0.1) is 0 Å². The fourth-order valence-electron chi connectivity index (χ4n) is 3.15. The molecule has 0 aliphatic carbocycles. The van der Waals surface area contributed by atoms with Crippen LogP contribution < -0.4 is 20.1 Å². The van der Waals surface area contributed by atoms with E-state index in [1.807, 2.05) is 6.07 Å². The highest BCUT2D eigenvalue weighted by Gasteiger charge is 2.28. The molecule has 1 unspecified atom stereocenters. The predicted molar refractivity (Wildman–Crippen MR) is 110 cm³/mol. The Hall–Kier alpha value is -3.59. The average molecular weight is 428 g/mol. The molecule has 0 bridgehead atoms. The molecule has 1 aliphatic heterocycles. The fraction of sp³-hybridized carbons (Fsp3) is 0.200. The second kappa shape index (κ2) is 8.42. The van der Waals surface area contributed by atoms with E-state index in [2.05, 4.69) is 20.7 Å². The summed E-state index contributed by atoms with van der Waals surface area (Å²) >= 11 is 5.84. The van der Waals surface area contributed by atoms with Gasteiger partial charge in [0.1, 0.15) is 6.33 Å². The van der Waals surface area contributed by atoms with Crippen LogP contribution in [0, 0.1) is 0 Å². The van der Waals surface area contributed by atoms with Gasteiger partial charge in [-0.3, -0.25) is 14.9 Å². The summed E-state index contributed by atoms with van der Waals surface area (Å²) in [5.74, 6) is 0.791. The maximum Gasteiger partial charge on any atom is 0.262 e. The Morgan fingerprint density at radius 3 is 2.83 bits per heavy atom. The highest BCUT2D eigenvalue weighted by Crippen LogP contribution is 2.34. The van der Waals surface area contributed by atoms with Gasteiger partial charge in [-0.05, 0) is 42.0 Å². The lowest BCUT2D eigenvalue weighted by atomic mass is 10.0. The zero-order chi connectivity index (χ0) is 21.1. The number of halogens is 1. The van der Waals surface area contributed by atoms with Crippen LogP contribution in [-0.4, -0.2) is 40.3 Å². The Labute approximate surface area is 177 Å². The van der Waals surface area contributed by atoms with E-state index in [1.54, 1.807) is 41.1 Å². The molecule has 4 rings (SSSR count). The Morgan fingerprint density at radius 1 is 1.27 bits per heavy atom. The first-order chi connectivity index (χ1) is 14.5. The molecule has 0 saturated carbocycles. The van der Waals surface area contributed by atoms with Gasteiger partial charge >= 0.3 is 0 Å². The van der Waals surface area contributed by atoms with Crippen LogP contribution in [0.4, 0.5) is 11.6 Å². The topological polar surface area (TPSA) is 107 Å². The fourth-order valence-corrected chi connectivity index (χ4v) is 3.27. The zero-order valence-electron chi connectivity index (χ0n) is 16.0. The van der Waals surface area contributed by atoms with Gasteiger partial charge in [0.05, 0.1) is 19.6 Å². The number of hydrogen-bond acceptors (Lipinski definition) is 6. The predicted octanol–water partition coefficient (Wildman–Crippen LogP) is 2.89. The number of nitrogens with zero attached hydrogens (tertiary/aromatic N) is 3. The molecule has 3 aromatic rings. The molecule has 0 spiro atoms. The summed E-state index contributed by atoms with van der Waals surface area (Å²) < 4.78 is 12.7. The molecular formula is C20H18ClN5O4. The summed E-state index contributed by atoms with van der Waals surface area (Å²) in [7, 11) is 1.51. The highest BCUT2D eigenvalue weighted by atomic mass is 35.5. The van der Waals surface area contributed by atoms with Crippen molar-refractivity contribution in [3.8, 4) is 11.5 Å². The lowest BCUT2D eigenvalue weighted by molar-refractivity contribution is -0.118. The normalized spacial score (nSPS) is 15.1. The van der Waals surface area contributed by atoms with E-state index >= 15 is 0 Å². The molecule has 0 radical (unpaired) electrons. The Bertz CT molecular complexity index is 1080. The molecule has 2 aromatic carbocycles. The summed E-state index contributed by atoms with van der Waals surface area (Å²) in [5.41, 5.74) is 1.43. The van der Waals surface area contributed by atoms with Crippen molar-refractivity contribution in [3.63, 3.8) is 0 Å². The molecule has 0 saturated heterocycles. The summed E-state index contributed by atoms with van der Waals surface area (Å²) in [6.07, 6.45) is 1.62. The van der Waals surface area contributed by atoms with Crippen molar-refractivity contribution >= 4 is 35.1 Å². The number of hydrogen-bond donors (Lipinski definition) is 2. The Morgan fingerprint density at radius 2 is 2.07 bits per heavy atom. The number of amides is 2. The van der Waals surface area contributed by atoms with E-state index in [4.69, 9.17) is 21.1 Å². The van der Waals surface area contributed by atoms with Gasteiger partial charge < -0.3 is 14.8 Å². The zero-order valence-corrected chi connectivity index (χ0v) is 16.7. The number of anilines is 2. The van der Waals surface area contributed by atoms with E-state index in [0.717, 1.165) is 5.56 Å². The Kier molecular flexibility index (Phi) is 5.53. The summed E-state index contributed by atoms with van der Waals surface area (Å²) in [4.78, 5) is 28.2. The third-order valence-corrected chi connectivity index (χ3v) is 4.81. The number of rotatable bonds is 6. The minimum absolute atomic E-state index is 0.140. The van der Waals surface area contributed by atoms with Gasteiger partial charge in [0, 0.05) is 10.7 Å². The highest BCUT2D eigenvalue weighted by molar-refractivity contribution is 6.30. The van der Waals surface area contributed by atoms with Crippen LogP contribution in [-0.2, 0) is 9.59 Å².